The molecule has 0 unspecified atom stereocenters. The van der Waals surface area contributed by atoms with Gasteiger partial charge in [-0.2, -0.15) is 0 Å². The first-order chi connectivity index (χ1) is 23.5. The van der Waals surface area contributed by atoms with Crippen LogP contribution in [0.3, 0.4) is 0 Å². The van der Waals surface area contributed by atoms with Gasteiger partial charge in [-0.15, -0.1) is 0 Å². The first-order valence-corrected chi connectivity index (χ1v) is 21.7. The van der Waals surface area contributed by atoms with Crippen LogP contribution in [0.25, 0.3) is 0 Å². The van der Waals surface area contributed by atoms with Crippen molar-refractivity contribution in [2.75, 3.05) is 32.8 Å². The molecule has 1 rings (SSSR count). The zero-order valence-corrected chi connectivity index (χ0v) is 33.5. The van der Waals surface area contributed by atoms with Crippen LogP contribution in [0.4, 0.5) is 0 Å². The monoisotopic (exact) mass is 671 g/mol. The summed E-state index contributed by atoms with van der Waals surface area (Å²) in [7, 11) is 0. The second kappa shape index (κ2) is 33.0. The lowest BCUT2D eigenvalue weighted by Crippen LogP contribution is -2.29. The smallest absolute Gasteiger partial charge is 0.0982 e. The Labute approximate surface area is 302 Å². The van der Waals surface area contributed by atoms with Crippen LogP contribution in [0.5, 0.6) is 0 Å². The number of hydrogen-bond acceptors (Lipinski definition) is 3. The number of nitrogens with zero attached hydrogens (tertiary/aromatic N) is 2. The molecule has 0 spiro atoms. The molecular weight excluding hydrogens is 585 g/mol. The van der Waals surface area contributed by atoms with Crippen molar-refractivity contribution in [1.82, 2.24) is 9.80 Å². The minimum absolute atomic E-state index is 0.579. The van der Waals surface area contributed by atoms with Gasteiger partial charge in [-0.25, -0.2) is 0 Å². The highest BCUT2D eigenvalue weighted by molar-refractivity contribution is 5.17. The van der Waals surface area contributed by atoms with E-state index in [4.69, 9.17) is 4.74 Å². The average Bonchev–Trinajstić information content (AvgIpc) is 3.06. The van der Waals surface area contributed by atoms with Crippen LogP contribution < -0.4 is 0 Å². The molecule has 0 heterocycles. The molecule has 282 valence electrons. The van der Waals surface area contributed by atoms with Crippen LogP contribution >= 0.6 is 0 Å². The number of unbranched alkanes of at least 4 members (excludes halogenated alkanes) is 17. The zero-order chi connectivity index (χ0) is 34.9. The molecule has 0 aromatic heterocycles. The summed E-state index contributed by atoms with van der Waals surface area (Å²) in [5.41, 5.74) is 1.68. The van der Waals surface area contributed by atoms with Crippen LogP contribution in [0.2, 0.25) is 0 Å². The normalized spacial score (nSPS) is 13.3. The predicted octanol–water partition coefficient (Wildman–Crippen LogP) is 14.4. The van der Waals surface area contributed by atoms with E-state index in [1.54, 1.807) is 5.57 Å². The zero-order valence-electron chi connectivity index (χ0n) is 33.5. The molecule has 0 atom stereocenters. The summed E-state index contributed by atoms with van der Waals surface area (Å²) in [6.45, 7) is 21.2. The molecule has 0 aromatic rings. The van der Waals surface area contributed by atoms with Crippen LogP contribution in [0.1, 0.15) is 208 Å². The fourth-order valence-electron chi connectivity index (χ4n) is 7.09. The second-order valence-corrected chi connectivity index (χ2v) is 15.5. The van der Waals surface area contributed by atoms with E-state index in [0.29, 0.717) is 11.8 Å². The molecule has 0 aliphatic heterocycles. The maximum atomic E-state index is 6.78. The van der Waals surface area contributed by atoms with Crippen molar-refractivity contribution < 1.29 is 4.74 Å². The minimum atomic E-state index is 0.579. The molecule has 0 saturated heterocycles. The van der Waals surface area contributed by atoms with Crippen molar-refractivity contribution in [3.05, 3.63) is 36.4 Å². The SMILES string of the molecule is C=CN(/C=C\C(C)C)CCCN(CCCCCCC)CCCCCCOC(=C1CCC1)C(CCCCCCCC)CCCCCCCC. The highest BCUT2D eigenvalue weighted by atomic mass is 16.5. The second-order valence-electron chi connectivity index (χ2n) is 15.5. The number of rotatable bonds is 36. The van der Waals surface area contributed by atoms with Gasteiger partial charge in [0.25, 0.3) is 0 Å². The number of ether oxygens (including phenoxy) is 1. The van der Waals surface area contributed by atoms with Crippen molar-refractivity contribution in [2.24, 2.45) is 11.8 Å². The Balaban J connectivity index is 2.53. The fourth-order valence-corrected chi connectivity index (χ4v) is 7.09. The predicted molar refractivity (Wildman–Crippen MR) is 215 cm³/mol. The van der Waals surface area contributed by atoms with Crippen molar-refractivity contribution in [1.29, 1.82) is 0 Å². The van der Waals surface area contributed by atoms with Gasteiger partial charge < -0.3 is 14.5 Å². The van der Waals surface area contributed by atoms with Gasteiger partial charge in [0.15, 0.2) is 0 Å². The quantitative estimate of drug-likeness (QED) is 0.0487. The highest BCUT2D eigenvalue weighted by Crippen LogP contribution is 2.37. The molecule has 1 aliphatic rings. The fraction of sp³-hybridized carbons (Fsp3) is 0.867. The Hall–Kier alpha value is -1.22. The van der Waals surface area contributed by atoms with Crippen LogP contribution in [-0.2, 0) is 4.74 Å². The molecule has 1 saturated carbocycles. The summed E-state index contributed by atoms with van der Waals surface area (Å²) in [4.78, 5) is 5.02. The van der Waals surface area contributed by atoms with Crippen LogP contribution in [0.15, 0.2) is 36.4 Å². The Morgan fingerprint density at radius 1 is 0.625 bits per heavy atom. The van der Waals surface area contributed by atoms with Gasteiger partial charge in [-0.3, -0.25) is 0 Å². The maximum absolute atomic E-state index is 6.78. The summed E-state index contributed by atoms with van der Waals surface area (Å²) in [6, 6.07) is 0. The first-order valence-electron chi connectivity index (χ1n) is 21.7. The van der Waals surface area contributed by atoms with E-state index in [0.717, 1.165) is 13.2 Å². The lowest BCUT2D eigenvalue weighted by Gasteiger charge is -2.29. The molecule has 0 N–H and O–H groups in total. The van der Waals surface area contributed by atoms with Crippen molar-refractivity contribution >= 4 is 0 Å². The molecule has 0 aromatic carbocycles. The molecule has 48 heavy (non-hydrogen) atoms. The lowest BCUT2D eigenvalue weighted by molar-refractivity contribution is 0.153. The largest absolute Gasteiger partial charge is 0.498 e. The van der Waals surface area contributed by atoms with E-state index in [9.17, 15) is 0 Å². The standard InChI is InChI=1S/C45H86N2O/c1-7-11-14-17-19-24-31-43(32-25-20-18-15-12-8-2)45(44-33-29-34-44)48-41-28-23-22-27-37-47(36-26-21-16-13-9-3)39-30-38-46(10-4)40-35-42(5)6/h10,35,40,42-43H,4,7-9,11-34,36-39,41H2,1-3,5-6H3/b40-35-. The molecule has 1 aliphatic carbocycles. The van der Waals surface area contributed by atoms with Gasteiger partial charge in [-0.1, -0.05) is 163 Å². The minimum Gasteiger partial charge on any atom is -0.498 e. The summed E-state index contributed by atoms with van der Waals surface area (Å²) in [5, 5.41) is 0. The van der Waals surface area contributed by atoms with Gasteiger partial charge in [0.05, 0.1) is 12.4 Å². The van der Waals surface area contributed by atoms with Crippen LogP contribution in [-0.4, -0.2) is 42.6 Å². The Morgan fingerprint density at radius 3 is 1.58 bits per heavy atom. The molecule has 0 radical (unpaired) electrons. The molecule has 3 nitrogen and oxygen atoms in total. The van der Waals surface area contributed by atoms with Gasteiger partial charge in [-0.05, 0) is 101 Å². The van der Waals surface area contributed by atoms with E-state index in [1.807, 2.05) is 6.20 Å². The Morgan fingerprint density at radius 2 is 1.10 bits per heavy atom. The molecule has 3 heteroatoms. The van der Waals surface area contributed by atoms with E-state index < -0.39 is 0 Å². The summed E-state index contributed by atoms with van der Waals surface area (Å²) in [6.07, 6.45) is 43.1. The van der Waals surface area contributed by atoms with E-state index in [2.05, 4.69) is 63.3 Å². The third-order valence-corrected chi connectivity index (χ3v) is 10.5. The lowest BCUT2D eigenvalue weighted by atomic mass is 9.83. The summed E-state index contributed by atoms with van der Waals surface area (Å²) >= 11 is 0. The summed E-state index contributed by atoms with van der Waals surface area (Å²) < 4.78 is 6.78. The van der Waals surface area contributed by atoms with Gasteiger partial charge in [0, 0.05) is 12.5 Å². The van der Waals surface area contributed by atoms with Crippen molar-refractivity contribution in [2.45, 2.75) is 208 Å². The number of hydrogen-bond donors (Lipinski definition) is 0. The molecular formula is C45H86N2O. The van der Waals surface area contributed by atoms with Gasteiger partial charge in [0.2, 0.25) is 0 Å². The van der Waals surface area contributed by atoms with E-state index in [-0.39, 0.29) is 0 Å². The van der Waals surface area contributed by atoms with Gasteiger partial charge >= 0.3 is 0 Å². The highest BCUT2D eigenvalue weighted by Gasteiger charge is 2.23. The van der Waals surface area contributed by atoms with Crippen molar-refractivity contribution in [3.63, 3.8) is 0 Å². The third-order valence-electron chi connectivity index (χ3n) is 10.5. The van der Waals surface area contributed by atoms with Crippen molar-refractivity contribution in [3.8, 4) is 0 Å². The Bertz CT molecular complexity index is 749. The average molecular weight is 671 g/mol. The van der Waals surface area contributed by atoms with E-state index in [1.165, 1.54) is 199 Å². The molecule has 0 bridgehead atoms. The van der Waals surface area contributed by atoms with Crippen LogP contribution in [0, 0.1) is 11.8 Å². The maximum Gasteiger partial charge on any atom is 0.0982 e. The molecule has 0 amide bonds. The first kappa shape index (κ1) is 44.8. The Kier molecular flexibility index (Phi) is 30.8. The molecule has 1 fully saturated rings. The van der Waals surface area contributed by atoms with E-state index >= 15 is 0 Å². The topological polar surface area (TPSA) is 15.7 Å². The summed E-state index contributed by atoms with van der Waals surface area (Å²) in [5.74, 6) is 2.73. The van der Waals surface area contributed by atoms with Gasteiger partial charge in [0.1, 0.15) is 0 Å². The third kappa shape index (κ3) is 24.8. The number of allylic oxidation sites excluding steroid dienone is 3.